The Hall–Kier alpha value is -3.04. The van der Waals surface area contributed by atoms with Crippen LogP contribution in [-0.2, 0) is 17.8 Å². The lowest BCUT2D eigenvalue weighted by Gasteiger charge is -2.30. The number of esters is 1. The van der Waals surface area contributed by atoms with E-state index in [0.29, 0.717) is 30.4 Å². The zero-order valence-corrected chi connectivity index (χ0v) is 18.2. The van der Waals surface area contributed by atoms with Crippen LogP contribution in [0.25, 0.3) is 11.0 Å². The maximum atomic E-state index is 12.2. The molecule has 1 aromatic carbocycles. The van der Waals surface area contributed by atoms with Crippen LogP contribution < -0.4 is 4.90 Å². The normalized spacial score (nSPS) is 15.2. The van der Waals surface area contributed by atoms with Crippen molar-refractivity contribution in [3.63, 3.8) is 0 Å². The lowest BCUT2D eigenvalue weighted by Crippen LogP contribution is -2.33. The van der Waals surface area contributed by atoms with Gasteiger partial charge in [-0.1, -0.05) is 25.0 Å². The Labute approximate surface area is 186 Å². The van der Waals surface area contributed by atoms with E-state index >= 15 is 0 Å². The lowest BCUT2D eigenvalue weighted by molar-refractivity contribution is 0.0526. The first-order valence-electron chi connectivity index (χ1n) is 11.1. The first-order chi connectivity index (χ1) is 15.6. The second kappa shape index (κ2) is 10.1. The standard InChI is InChI=1S/C23H29N5O4/c1-2-32-23(31)17-7-5-6-16(10-17)12-27(18-8-3-4-9-18)21-20-11-26-28(13-19(30)14-29)22(20)25-15-24-21/h5-7,10-11,15,18-19,29-30H,2-4,8-9,12-14H2,1H3. The number of rotatable bonds is 9. The summed E-state index contributed by atoms with van der Waals surface area (Å²) in [5, 5.41) is 24.2. The molecule has 1 aliphatic carbocycles. The second-order valence-electron chi connectivity index (χ2n) is 8.08. The molecule has 32 heavy (non-hydrogen) atoms. The summed E-state index contributed by atoms with van der Waals surface area (Å²) < 4.78 is 6.74. The van der Waals surface area contributed by atoms with Gasteiger partial charge in [-0.25, -0.2) is 19.4 Å². The van der Waals surface area contributed by atoms with Crippen molar-refractivity contribution in [3.8, 4) is 0 Å². The highest BCUT2D eigenvalue weighted by Crippen LogP contribution is 2.32. The van der Waals surface area contributed by atoms with Crippen molar-refractivity contribution in [2.75, 3.05) is 18.1 Å². The Morgan fingerprint density at radius 3 is 2.88 bits per heavy atom. The molecule has 1 atom stereocenters. The molecule has 1 saturated carbocycles. The van der Waals surface area contributed by atoms with Gasteiger partial charge in [-0.2, -0.15) is 5.10 Å². The first-order valence-corrected chi connectivity index (χ1v) is 11.1. The van der Waals surface area contributed by atoms with Crippen LogP contribution in [0.4, 0.5) is 5.82 Å². The van der Waals surface area contributed by atoms with Crippen molar-refractivity contribution in [3.05, 3.63) is 47.9 Å². The average molecular weight is 440 g/mol. The number of ether oxygens (including phenoxy) is 1. The minimum atomic E-state index is -0.909. The van der Waals surface area contributed by atoms with Crippen molar-refractivity contribution in [1.29, 1.82) is 0 Å². The van der Waals surface area contributed by atoms with Gasteiger partial charge in [0, 0.05) is 12.6 Å². The predicted molar refractivity (Wildman–Crippen MR) is 119 cm³/mol. The monoisotopic (exact) mass is 439 g/mol. The van der Waals surface area contributed by atoms with E-state index in [1.807, 2.05) is 18.2 Å². The van der Waals surface area contributed by atoms with E-state index in [9.17, 15) is 15.0 Å². The largest absolute Gasteiger partial charge is 0.462 e. The quantitative estimate of drug-likeness (QED) is 0.488. The molecule has 1 unspecified atom stereocenters. The van der Waals surface area contributed by atoms with Crippen LogP contribution in [0.1, 0.15) is 48.5 Å². The summed E-state index contributed by atoms with van der Waals surface area (Å²) in [6.45, 7) is 2.54. The van der Waals surface area contributed by atoms with Crippen molar-refractivity contribution < 1.29 is 19.7 Å². The number of aliphatic hydroxyl groups excluding tert-OH is 2. The average Bonchev–Trinajstić information content (AvgIpc) is 3.48. The van der Waals surface area contributed by atoms with E-state index in [0.717, 1.165) is 29.6 Å². The number of carbonyl (C=O) groups is 1. The molecule has 9 heteroatoms. The van der Waals surface area contributed by atoms with Gasteiger partial charge in [0.15, 0.2) is 5.65 Å². The fraction of sp³-hybridized carbons (Fsp3) is 0.478. The molecule has 2 N–H and O–H groups in total. The summed E-state index contributed by atoms with van der Waals surface area (Å²) >= 11 is 0. The summed E-state index contributed by atoms with van der Waals surface area (Å²) in [5.41, 5.74) is 2.15. The van der Waals surface area contributed by atoms with Gasteiger partial charge in [0.2, 0.25) is 0 Å². The van der Waals surface area contributed by atoms with E-state index in [2.05, 4.69) is 20.0 Å². The Kier molecular flexibility index (Phi) is 6.96. The molecule has 0 aliphatic heterocycles. The fourth-order valence-corrected chi connectivity index (χ4v) is 4.30. The molecule has 0 saturated heterocycles. The number of hydrogen-bond acceptors (Lipinski definition) is 8. The number of anilines is 1. The van der Waals surface area contributed by atoms with Gasteiger partial charge in [-0.3, -0.25) is 0 Å². The molecular weight excluding hydrogens is 410 g/mol. The van der Waals surface area contributed by atoms with E-state index < -0.39 is 6.10 Å². The molecule has 1 aliphatic rings. The molecule has 3 aromatic rings. The highest BCUT2D eigenvalue weighted by molar-refractivity contribution is 5.90. The maximum Gasteiger partial charge on any atom is 0.338 e. The van der Waals surface area contributed by atoms with Crippen LogP contribution in [0.5, 0.6) is 0 Å². The fourth-order valence-electron chi connectivity index (χ4n) is 4.30. The van der Waals surface area contributed by atoms with E-state index in [1.54, 1.807) is 23.9 Å². The smallest absolute Gasteiger partial charge is 0.338 e. The topological polar surface area (TPSA) is 114 Å². The minimum absolute atomic E-state index is 0.154. The van der Waals surface area contributed by atoms with Crippen molar-refractivity contribution in [1.82, 2.24) is 19.7 Å². The van der Waals surface area contributed by atoms with Crippen LogP contribution in [0.15, 0.2) is 36.8 Å². The second-order valence-corrected chi connectivity index (χ2v) is 8.08. The summed E-state index contributed by atoms with van der Waals surface area (Å²) in [6.07, 6.45) is 6.79. The van der Waals surface area contributed by atoms with Gasteiger partial charge in [0.25, 0.3) is 0 Å². The van der Waals surface area contributed by atoms with Gasteiger partial charge in [0.05, 0.1) is 43.0 Å². The van der Waals surface area contributed by atoms with Crippen molar-refractivity contribution in [2.24, 2.45) is 0 Å². The molecule has 0 radical (unpaired) electrons. The van der Waals surface area contributed by atoms with Crippen LogP contribution in [-0.4, -0.2) is 61.3 Å². The number of aliphatic hydroxyl groups is 2. The Bertz CT molecular complexity index is 1060. The predicted octanol–water partition coefficient (Wildman–Crippen LogP) is 2.31. The Morgan fingerprint density at radius 2 is 2.12 bits per heavy atom. The molecule has 0 spiro atoms. The molecule has 4 rings (SSSR count). The molecule has 2 heterocycles. The summed E-state index contributed by atoms with van der Waals surface area (Å²) in [7, 11) is 0. The highest BCUT2D eigenvalue weighted by atomic mass is 16.5. The number of aromatic nitrogens is 4. The van der Waals surface area contributed by atoms with E-state index in [-0.39, 0.29) is 19.1 Å². The number of nitrogens with zero attached hydrogens (tertiary/aromatic N) is 5. The molecular formula is C23H29N5O4. The number of carbonyl (C=O) groups excluding carboxylic acids is 1. The van der Waals surface area contributed by atoms with Crippen molar-refractivity contribution >= 4 is 22.8 Å². The molecule has 170 valence electrons. The lowest BCUT2D eigenvalue weighted by atomic mass is 10.1. The van der Waals surface area contributed by atoms with E-state index in [1.165, 1.54) is 19.2 Å². The molecule has 0 amide bonds. The maximum absolute atomic E-state index is 12.2. The number of benzene rings is 1. The van der Waals surface area contributed by atoms with Crippen LogP contribution in [0.3, 0.4) is 0 Å². The summed E-state index contributed by atoms with van der Waals surface area (Å²) in [6, 6.07) is 7.84. The Morgan fingerprint density at radius 1 is 1.31 bits per heavy atom. The third kappa shape index (κ3) is 4.73. The summed E-state index contributed by atoms with van der Waals surface area (Å²) in [4.78, 5) is 23.4. The van der Waals surface area contributed by atoms with Crippen molar-refractivity contribution in [2.45, 2.75) is 57.8 Å². The van der Waals surface area contributed by atoms with Crippen LogP contribution in [0, 0.1) is 0 Å². The third-order valence-electron chi connectivity index (χ3n) is 5.84. The van der Waals surface area contributed by atoms with Gasteiger partial charge in [-0.15, -0.1) is 0 Å². The third-order valence-corrected chi connectivity index (χ3v) is 5.84. The zero-order valence-electron chi connectivity index (χ0n) is 18.2. The Balaban J connectivity index is 1.68. The van der Waals surface area contributed by atoms with E-state index in [4.69, 9.17) is 4.74 Å². The van der Waals surface area contributed by atoms with Crippen LogP contribution in [0.2, 0.25) is 0 Å². The van der Waals surface area contributed by atoms with Gasteiger partial charge < -0.3 is 19.8 Å². The number of fused-ring (bicyclic) bond motifs is 1. The van der Waals surface area contributed by atoms with Gasteiger partial charge in [-0.05, 0) is 37.5 Å². The van der Waals surface area contributed by atoms with Crippen LogP contribution >= 0.6 is 0 Å². The number of hydrogen-bond donors (Lipinski definition) is 2. The summed E-state index contributed by atoms with van der Waals surface area (Å²) in [5.74, 6) is 0.461. The minimum Gasteiger partial charge on any atom is -0.462 e. The zero-order chi connectivity index (χ0) is 22.5. The first kappa shape index (κ1) is 22.2. The van der Waals surface area contributed by atoms with Gasteiger partial charge in [0.1, 0.15) is 12.1 Å². The molecule has 9 nitrogen and oxygen atoms in total. The SMILES string of the molecule is CCOC(=O)c1cccc(CN(c2ncnc3c2cnn3CC(O)CO)C2CCCC2)c1. The molecule has 2 aromatic heterocycles. The molecule has 0 bridgehead atoms. The van der Waals surface area contributed by atoms with Gasteiger partial charge >= 0.3 is 5.97 Å². The molecule has 1 fully saturated rings. The highest BCUT2D eigenvalue weighted by Gasteiger charge is 2.27.